The minimum Gasteiger partial charge on any atom is -0.497 e. The Hall–Kier alpha value is -3.19. The number of aromatic nitrogens is 3. The van der Waals surface area contributed by atoms with E-state index in [9.17, 15) is 4.79 Å². The van der Waals surface area contributed by atoms with E-state index in [1.165, 1.54) is 11.1 Å². The number of methoxy groups -OCH3 is 1. The maximum atomic E-state index is 13.5. The zero-order valence-electron chi connectivity index (χ0n) is 18.4. The maximum absolute atomic E-state index is 13.5. The van der Waals surface area contributed by atoms with E-state index < -0.39 is 0 Å². The van der Waals surface area contributed by atoms with Gasteiger partial charge in [0.1, 0.15) is 11.6 Å². The fourth-order valence-corrected chi connectivity index (χ4v) is 4.86. The first-order chi connectivity index (χ1) is 16.1. The van der Waals surface area contributed by atoms with Crippen LogP contribution in [0.3, 0.4) is 0 Å². The first-order valence-corrected chi connectivity index (χ1v) is 12.0. The average Bonchev–Trinajstić information content (AvgIpc) is 3.33. The third kappa shape index (κ3) is 4.37. The van der Waals surface area contributed by atoms with Crippen molar-refractivity contribution in [2.75, 3.05) is 7.11 Å². The van der Waals surface area contributed by atoms with Gasteiger partial charge in [-0.15, -0.1) is 0 Å². The molecule has 1 aliphatic rings. The van der Waals surface area contributed by atoms with Crippen LogP contribution in [0.2, 0.25) is 0 Å². The molecule has 33 heavy (non-hydrogen) atoms. The zero-order valence-corrected chi connectivity index (χ0v) is 20.0. The Morgan fingerprint density at radius 3 is 2.64 bits per heavy atom. The smallest absolute Gasteiger partial charge is 0.282 e. The molecule has 7 heteroatoms. The van der Waals surface area contributed by atoms with Gasteiger partial charge in [-0.25, -0.2) is 4.98 Å². The summed E-state index contributed by atoms with van der Waals surface area (Å²) in [4.78, 5) is 18.4. The first-order valence-electron chi connectivity index (χ1n) is 11.2. The lowest BCUT2D eigenvalue weighted by atomic mass is 9.88. The highest BCUT2D eigenvalue weighted by Gasteiger charge is 2.22. The molecule has 2 aromatic heterocycles. The third-order valence-corrected chi connectivity index (χ3v) is 6.73. The van der Waals surface area contributed by atoms with Crippen LogP contribution in [0.15, 0.2) is 75.2 Å². The molecule has 0 radical (unpaired) electrons. The molecule has 1 fully saturated rings. The second-order valence-electron chi connectivity index (χ2n) is 8.33. The number of ether oxygens (including phenoxy) is 1. The van der Waals surface area contributed by atoms with Crippen LogP contribution in [0.25, 0.3) is 16.6 Å². The summed E-state index contributed by atoms with van der Waals surface area (Å²) in [5, 5.41) is 5.24. The molecule has 1 aliphatic carbocycles. The standard InChI is InChI=1S/C26H25BrN4O2/c1-33-22-12-10-20(11-13-22)30-15-5-8-21(30)17-28-31-25(18-6-3-2-4-7-18)29-24-14-9-19(27)16-23(24)26(31)32/h5,8-18H,2-4,6-7H2,1H3. The largest absolute Gasteiger partial charge is 0.497 e. The van der Waals surface area contributed by atoms with Gasteiger partial charge in [0.15, 0.2) is 0 Å². The lowest BCUT2D eigenvalue weighted by molar-refractivity contribution is 0.414. The Kier molecular flexibility index (Phi) is 6.13. The van der Waals surface area contributed by atoms with E-state index >= 15 is 0 Å². The van der Waals surface area contributed by atoms with Gasteiger partial charge in [-0.3, -0.25) is 4.79 Å². The topological polar surface area (TPSA) is 61.4 Å². The molecule has 0 aliphatic heterocycles. The summed E-state index contributed by atoms with van der Waals surface area (Å²) in [7, 11) is 1.65. The van der Waals surface area contributed by atoms with Gasteiger partial charge in [-0.1, -0.05) is 35.2 Å². The highest BCUT2D eigenvalue weighted by atomic mass is 79.9. The Morgan fingerprint density at radius 1 is 1.09 bits per heavy atom. The SMILES string of the molecule is COc1ccc(-n2cccc2C=Nn2c(C3CCCCC3)nc3ccc(Br)cc3c2=O)cc1. The fraction of sp³-hybridized carbons (Fsp3) is 0.269. The van der Waals surface area contributed by atoms with Crippen LogP contribution in [0.1, 0.15) is 49.5 Å². The molecule has 1 saturated carbocycles. The van der Waals surface area contributed by atoms with Crippen LogP contribution in [-0.4, -0.2) is 27.6 Å². The van der Waals surface area contributed by atoms with Crippen molar-refractivity contribution in [3.8, 4) is 11.4 Å². The summed E-state index contributed by atoms with van der Waals surface area (Å²) in [6, 6.07) is 17.4. The summed E-state index contributed by atoms with van der Waals surface area (Å²) >= 11 is 3.48. The van der Waals surface area contributed by atoms with Gasteiger partial charge in [0, 0.05) is 22.3 Å². The Bertz CT molecular complexity index is 1370. The molecule has 2 aromatic carbocycles. The second-order valence-corrected chi connectivity index (χ2v) is 9.24. The molecule has 6 nitrogen and oxygen atoms in total. The Labute approximate surface area is 200 Å². The van der Waals surface area contributed by atoms with Crippen molar-refractivity contribution >= 4 is 33.0 Å². The van der Waals surface area contributed by atoms with Gasteiger partial charge in [-0.05, 0) is 67.4 Å². The number of nitrogens with zero attached hydrogens (tertiary/aromatic N) is 4. The number of rotatable bonds is 5. The minimum absolute atomic E-state index is 0.138. The summed E-state index contributed by atoms with van der Waals surface area (Å²) in [6.45, 7) is 0. The molecule has 0 bridgehead atoms. The van der Waals surface area contributed by atoms with Gasteiger partial charge < -0.3 is 9.30 Å². The van der Waals surface area contributed by atoms with Crippen LogP contribution in [0.5, 0.6) is 5.75 Å². The molecule has 0 amide bonds. The maximum Gasteiger partial charge on any atom is 0.282 e. The number of hydrogen-bond acceptors (Lipinski definition) is 4. The van der Waals surface area contributed by atoms with Crippen molar-refractivity contribution in [2.45, 2.75) is 38.0 Å². The molecule has 2 heterocycles. The normalized spacial score (nSPS) is 14.8. The van der Waals surface area contributed by atoms with Crippen LogP contribution >= 0.6 is 15.9 Å². The molecule has 5 rings (SSSR count). The molecule has 4 aromatic rings. The molecule has 0 N–H and O–H groups in total. The number of benzene rings is 2. The van der Waals surface area contributed by atoms with Crippen LogP contribution in [0, 0.1) is 0 Å². The van der Waals surface area contributed by atoms with E-state index in [1.54, 1.807) is 13.3 Å². The monoisotopic (exact) mass is 504 g/mol. The number of halogens is 1. The molecule has 0 atom stereocenters. The Morgan fingerprint density at radius 2 is 1.88 bits per heavy atom. The molecule has 0 saturated heterocycles. The highest BCUT2D eigenvalue weighted by Crippen LogP contribution is 2.32. The zero-order chi connectivity index (χ0) is 22.8. The van der Waals surface area contributed by atoms with E-state index in [-0.39, 0.29) is 11.5 Å². The van der Waals surface area contributed by atoms with E-state index in [0.717, 1.165) is 58.6 Å². The molecule has 168 valence electrons. The van der Waals surface area contributed by atoms with Crippen molar-refractivity contribution < 1.29 is 4.74 Å². The van der Waals surface area contributed by atoms with Crippen molar-refractivity contribution in [1.82, 2.24) is 14.2 Å². The predicted molar refractivity (Wildman–Crippen MR) is 135 cm³/mol. The summed E-state index contributed by atoms with van der Waals surface area (Å²) in [5.41, 5.74) is 2.44. The van der Waals surface area contributed by atoms with Crippen molar-refractivity contribution in [3.05, 3.63) is 87.1 Å². The molecule has 0 unspecified atom stereocenters. The van der Waals surface area contributed by atoms with E-state index in [4.69, 9.17) is 9.72 Å². The van der Waals surface area contributed by atoms with Gasteiger partial charge >= 0.3 is 0 Å². The van der Waals surface area contributed by atoms with Crippen LogP contribution in [0.4, 0.5) is 0 Å². The third-order valence-electron chi connectivity index (χ3n) is 6.24. The quantitative estimate of drug-likeness (QED) is 0.318. The average molecular weight is 505 g/mol. The van der Waals surface area contributed by atoms with Gasteiger partial charge in [0.25, 0.3) is 5.56 Å². The van der Waals surface area contributed by atoms with Crippen molar-refractivity contribution in [2.24, 2.45) is 5.10 Å². The first kappa shape index (κ1) is 21.6. The van der Waals surface area contributed by atoms with E-state index in [1.807, 2.05) is 65.4 Å². The van der Waals surface area contributed by atoms with Gasteiger partial charge in [-0.2, -0.15) is 9.78 Å². The number of hydrogen-bond donors (Lipinski definition) is 0. The lowest BCUT2D eigenvalue weighted by Crippen LogP contribution is -2.25. The van der Waals surface area contributed by atoms with Gasteiger partial charge in [0.2, 0.25) is 0 Å². The van der Waals surface area contributed by atoms with E-state index in [0.29, 0.717) is 5.39 Å². The summed E-state index contributed by atoms with van der Waals surface area (Å²) < 4.78 is 9.65. The summed E-state index contributed by atoms with van der Waals surface area (Å²) in [6.07, 6.45) is 9.33. The highest BCUT2D eigenvalue weighted by molar-refractivity contribution is 9.10. The molecular formula is C26H25BrN4O2. The Balaban J connectivity index is 1.59. The summed E-state index contributed by atoms with van der Waals surface area (Å²) in [5.74, 6) is 1.80. The van der Waals surface area contributed by atoms with Crippen molar-refractivity contribution in [3.63, 3.8) is 0 Å². The molecular weight excluding hydrogens is 480 g/mol. The van der Waals surface area contributed by atoms with Gasteiger partial charge in [0.05, 0.1) is 29.9 Å². The predicted octanol–water partition coefficient (Wildman–Crippen LogP) is 5.89. The lowest BCUT2D eigenvalue weighted by Gasteiger charge is -2.22. The number of fused-ring (bicyclic) bond motifs is 1. The van der Waals surface area contributed by atoms with Crippen molar-refractivity contribution in [1.29, 1.82) is 0 Å². The second kappa shape index (κ2) is 9.35. The van der Waals surface area contributed by atoms with Crippen LogP contribution < -0.4 is 10.3 Å². The minimum atomic E-state index is -0.138. The van der Waals surface area contributed by atoms with E-state index in [2.05, 4.69) is 21.0 Å². The van der Waals surface area contributed by atoms with Crippen LogP contribution in [-0.2, 0) is 0 Å². The molecule has 0 spiro atoms. The fourth-order valence-electron chi connectivity index (χ4n) is 4.50.